The van der Waals surface area contributed by atoms with Crippen LogP contribution in [0.2, 0.25) is 5.02 Å². The lowest BCUT2D eigenvalue weighted by atomic mass is 9.81. The van der Waals surface area contributed by atoms with Crippen LogP contribution < -0.4 is 25.7 Å². The third-order valence-corrected chi connectivity index (χ3v) is 8.83. The van der Waals surface area contributed by atoms with E-state index in [2.05, 4.69) is 15.6 Å². The Morgan fingerprint density at radius 2 is 1.84 bits per heavy atom. The van der Waals surface area contributed by atoms with Gasteiger partial charge >= 0.3 is 0 Å². The van der Waals surface area contributed by atoms with Crippen molar-refractivity contribution in [3.05, 3.63) is 49.9 Å². The Balaban J connectivity index is 1.28. The molecule has 10 heteroatoms. The molecule has 0 radical (unpaired) electrons. The summed E-state index contributed by atoms with van der Waals surface area (Å²) >= 11 is 8.08. The van der Waals surface area contributed by atoms with Crippen molar-refractivity contribution >= 4 is 29.3 Å². The van der Waals surface area contributed by atoms with Crippen molar-refractivity contribution in [2.75, 3.05) is 19.5 Å². The number of rotatable bonds is 7. The number of ether oxygens (including phenoxy) is 3. The fraction of sp³-hybridized carbons (Fsp3) is 0.556. The molecular formula is C27H34ClN3O5S. The van der Waals surface area contributed by atoms with E-state index in [0.29, 0.717) is 45.3 Å². The molecule has 1 saturated carbocycles. The van der Waals surface area contributed by atoms with E-state index in [1.807, 2.05) is 33.1 Å². The van der Waals surface area contributed by atoms with Gasteiger partial charge in [0, 0.05) is 52.7 Å². The van der Waals surface area contributed by atoms with Crippen molar-refractivity contribution in [3.63, 3.8) is 0 Å². The zero-order valence-corrected chi connectivity index (χ0v) is 23.2. The number of aryl methyl sites for hydroxylation is 1. The van der Waals surface area contributed by atoms with Crippen molar-refractivity contribution < 1.29 is 19.0 Å². The first-order valence-corrected chi connectivity index (χ1v) is 14.4. The molecule has 3 aliphatic rings. The minimum atomic E-state index is -0.834. The molecule has 8 nitrogen and oxygen atoms in total. The molecule has 1 aliphatic carbocycles. The number of hydrogen-bond donors (Lipinski definition) is 3. The molecule has 200 valence electrons. The molecule has 3 N–H and O–H groups in total. The molecule has 1 saturated heterocycles. The van der Waals surface area contributed by atoms with Gasteiger partial charge in [0.1, 0.15) is 0 Å². The van der Waals surface area contributed by atoms with Gasteiger partial charge in [-0.3, -0.25) is 9.59 Å². The highest BCUT2D eigenvalue weighted by Gasteiger charge is 2.47. The van der Waals surface area contributed by atoms with Crippen LogP contribution in [-0.2, 0) is 11.3 Å². The number of carbonyl (C=O) groups excluding carboxylic acids is 1. The third-order valence-electron chi connectivity index (χ3n) is 7.75. The van der Waals surface area contributed by atoms with Crippen LogP contribution in [0.4, 0.5) is 0 Å². The molecule has 1 aromatic carbocycles. The molecule has 0 bridgehead atoms. The van der Waals surface area contributed by atoms with Gasteiger partial charge in [0.2, 0.25) is 0 Å². The highest BCUT2D eigenvalue weighted by molar-refractivity contribution is 7.98. The second-order valence-electron chi connectivity index (χ2n) is 10.4. The summed E-state index contributed by atoms with van der Waals surface area (Å²) in [5.41, 5.74) is 2.18. The predicted octanol–water partition coefficient (Wildman–Crippen LogP) is 4.33. The highest BCUT2D eigenvalue weighted by Crippen LogP contribution is 2.51. The van der Waals surface area contributed by atoms with Gasteiger partial charge in [0.25, 0.3) is 17.3 Å². The standard InChI is InChI=1S/C27H34ClN3O5S/c1-14-9-22(37-4)20(26(33)30-14)11-29-25(32)19-10-21(28)24-23(15(19)2)35-27(3,36-24)16-5-7-17(8-6-16)31-18-12-34-13-18/h9-10,16-18,31H,5-8,11-13H2,1-4H3,(H,29,32)(H,30,33)/t16?,17?,27-/m1/s1. The Morgan fingerprint density at radius 3 is 2.49 bits per heavy atom. The van der Waals surface area contributed by atoms with Crippen molar-refractivity contribution in [1.29, 1.82) is 0 Å². The fourth-order valence-electron chi connectivity index (χ4n) is 5.50. The van der Waals surface area contributed by atoms with E-state index in [4.69, 9.17) is 25.8 Å². The SMILES string of the molecule is CSc1cc(C)[nH]c(=O)c1CNC(=O)c1cc(Cl)c2c(c1C)O[C@@](C)(C1CCC(NC3COC3)CC1)O2. The van der Waals surface area contributed by atoms with Crippen molar-refractivity contribution in [2.24, 2.45) is 5.92 Å². The normalized spacial score (nSPS) is 25.1. The third kappa shape index (κ3) is 5.24. The first-order chi connectivity index (χ1) is 17.7. The number of aromatic nitrogens is 1. The van der Waals surface area contributed by atoms with E-state index < -0.39 is 5.79 Å². The average molecular weight is 548 g/mol. The quantitative estimate of drug-likeness (QED) is 0.443. The van der Waals surface area contributed by atoms with Crippen LogP contribution in [0.1, 0.15) is 59.8 Å². The van der Waals surface area contributed by atoms with Gasteiger partial charge < -0.3 is 29.8 Å². The summed E-state index contributed by atoms with van der Waals surface area (Å²) in [5.74, 6) is 0.0630. The molecule has 37 heavy (non-hydrogen) atoms. The zero-order valence-electron chi connectivity index (χ0n) is 21.7. The Bertz CT molecular complexity index is 1260. The smallest absolute Gasteiger partial charge is 0.254 e. The molecule has 2 fully saturated rings. The fourth-order valence-corrected chi connectivity index (χ4v) is 6.44. The number of halogens is 1. The monoisotopic (exact) mass is 547 g/mol. The number of carbonyl (C=O) groups is 1. The van der Waals surface area contributed by atoms with Gasteiger partial charge in [0.05, 0.1) is 24.3 Å². The van der Waals surface area contributed by atoms with Crippen LogP contribution in [0.5, 0.6) is 11.5 Å². The van der Waals surface area contributed by atoms with Crippen molar-refractivity contribution in [1.82, 2.24) is 15.6 Å². The number of aromatic amines is 1. The summed E-state index contributed by atoms with van der Waals surface area (Å²) in [6.07, 6.45) is 5.96. The van der Waals surface area contributed by atoms with Crippen molar-refractivity contribution in [3.8, 4) is 11.5 Å². The summed E-state index contributed by atoms with van der Waals surface area (Å²) in [6, 6.07) is 4.49. The summed E-state index contributed by atoms with van der Waals surface area (Å²) < 4.78 is 18.0. The van der Waals surface area contributed by atoms with E-state index >= 15 is 0 Å². The molecular weight excluding hydrogens is 514 g/mol. The highest BCUT2D eigenvalue weighted by atomic mass is 35.5. The van der Waals surface area contributed by atoms with E-state index in [9.17, 15) is 9.59 Å². The number of amides is 1. The zero-order chi connectivity index (χ0) is 26.3. The number of hydrogen-bond acceptors (Lipinski definition) is 7. The van der Waals surface area contributed by atoms with Gasteiger partial charge in [-0.2, -0.15) is 0 Å². The van der Waals surface area contributed by atoms with Crippen molar-refractivity contribution in [2.45, 2.75) is 75.8 Å². The van der Waals surface area contributed by atoms with E-state index in [1.54, 1.807) is 6.07 Å². The van der Waals surface area contributed by atoms with Gasteiger partial charge in [-0.05, 0) is 57.9 Å². The lowest BCUT2D eigenvalue weighted by Gasteiger charge is -2.39. The van der Waals surface area contributed by atoms with Gasteiger partial charge in [-0.15, -0.1) is 11.8 Å². The number of fused-ring (bicyclic) bond motifs is 1. The Morgan fingerprint density at radius 1 is 1.14 bits per heavy atom. The first-order valence-electron chi connectivity index (χ1n) is 12.8. The maximum atomic E-state index is 13.2. The van der Waals surface area contributed by atoms with Crippen LogP contribution in [0.25, 0.3) is 0 Å². The lowest BCUT2D eigenvalue weighted by Crippen LogP contribution is -2.53. The Hall–Kier alpha value is -2.20. The Labute approximate surface area is 226 Å². The van der Waals surface area contributed by atoms with Crippen LogP contribution in [-0.4, -0.2) is 48.2 Å². The number of nitrogens with one attached hydrogen (secondary N) is 3. The van der Waals surface area contributed by atoms with Gasteiger partial charge in [-0.1, -0.05) is 11.6 Å². The molecule has 2 aliphatic heterocycles. The molecule has 2 aromatic rings. The van der Waals surface area contributed by atoms with Crippen LogP contribution in [0, 0.1) is 19.8 Å². The second-order valence-corrected chi connectivity index (χ2v) is 11.6. The van der Waals surface area contributed by atoms with Crippen LogP contribution in [0.3, 0.4) is 0 Å². The largest absolute Gasteiger partial charge is 0.448 e. The van der Waals surface area contributed by atoms with Gasteiger partial charge in [0.15, 0.2) is 11.5 Å². The summed E-state index contributed by atoms with van der Waals surface area (Å²) in [5, 5.41) is 6.90. The van der Waals surface area contributed by atoms with Gasteiger partial charge in [-0.25, -0.2) is 0 Å². The topological polar surface area (TPSA) is 102 Å². The van der Waals surface area contributed by atoms with Crippen LogP contribution >= 0.6 is 23.4 Å². The maximum absolute atomic E-state index is 13.2. The summed E-state index contributed by atoms with van der Waals surface area (Å²) in [6.45, 7) is 7.35. The molecule has 0 spiro atoms. The van der Waals surface area contributed by atoms with Crippen LogP contribution in [0.15, 0.2) is 21.8 Å². The summed E-state index contributed by atoms with van der Waals surface area (Å²) in [7, 11) is 0. The molecule has 3 heterocycles. The molecule has 0 unspecified atom stereocenters. The number of thioether (sulfide) groups is 1. The minimum Gasteiger partial charge on any atom is -0.448 e. The number of H-pyrrole nitrogens is 1. The Kier molecular flexibility index (Phi) is 7.51. The first kappa shape index (κ1) is 26.4. The average Bonchev–Trinajstić information content (AvgIpc) is 3.22. The molecule has 1 aromatic heterocycles. The predicted molar refractivity (Wildman–Crippen MR) is 144 cm³/mol. The second kappa shape index (κ2) is 10.5. The molecule has 1 atom stereocenters. The number of pyridine rings is 1. The van der Waals surface area contributed by atoms with E-state index in [1.165, 1.54) is 11.8 Å². The lowest BCUT2D eigenvalue weighted by molar-refractivity contribution is -0.122. The molecule has 1 amide bonds. The summed E-state index contributed by atoms with van der Waals surface area (Å²) in [4.78, 5) is 29.3. The number of benzene rings is 1. The van der Waals surface area contributed by atoms with E-state index in [0.717, 1.165) is 49.5 Å². The minimum absolute atomic E-state index is 0.109. The van der Waals surface area contributed by atoms with E-state index in [-0.39, 0.29) is 23.9 Å². The maximum Gasteiger partial charge on any atom is 0.254 e. The molecule has 5 rings (SSSR count).